The topological polar surface area (TPSA) is 34.5 Å². The SMILES string of the molecule is CO/N=C(/CS)c1csc(C)n1. The van der Waals surface area contributed by atoms with Gasteiger partial charge >= 0.3 is 0 Å². The molecule has 0 N–H and O–H groups in total. The smallest absolute Gasteiger partial charge is 0.116 e. The van der Waals surface area contributed by atoms with E-state index in [0.717, 1.165) is 16.4 Å². The molecule has 1 heterocycles. The minimum Gasteiger partial charge on any atom is -0.399 e. The predicted molar refractivity (Wildman–Crippen MR) is 54.3 cm³/mol. The average molecular weight is 202 g/mol. The molecule has 0 unspecified atom stereocenters. The van der Waals surface area contributed by atoms with E-state index in [1.54, 1.807) is 11.3 Å². The molecule has 5 heteroatoms. The van der Waals surface area contributed by atoms with Crippen LogP contribution in [0, 0.1) is 6.92 Å². The van der Waals surface area contributed by atoms with Crippen LogP contribution in [-0.2, 0) is 4.84 Å². The van der Waals surface area contributed by atoms with E-state index in [4.69, 9.17) is 0 Å². The minimum absolute atomic E-state index is 0.539. The van der Waals surface area contributed by atoms with Gasteiger partial charge in [-0.1, -0.05) is 5.16 Å². The first-order valence-corrected chi connectivity index (χ1v) is 4.92. The Morgan fingerprint density at radius 2 is 2.58 bits per heavy atom. The molecule has 3 nitrogen and oxygen atoms in total. The van der Waals surface area contributed by atoms with Crippen LogP contribution in [0.4, 0.5) is 0 Å². The van der Waals surface area contributed by atoms with Crippen molar-refractivity contribution in [2.75, 3.05) is 12.9 Å². The van der Waals surface area contributed by atoms with Gasteiger partial charge in [-0.25, -0.2) is 4.98 Å². The summed E-state index contributed by atoms with van der Waals surface area (Å²) in [5.74, 6) is 0.539. The van der Waals surface area contributed by atoms with Crippen molar-refractivity contribution in [1.29, 1.82) is 0 Å². The fourth-order valence-corrected chi connectivity index (χ4v) is 1.60. The Bertz CT molecular complexity index is 283. The molecular weight excluding hydrogens is 192 g/mol. The van der Waals surface area contributed by atoms with Crippen LogP contribution in [0.1, 0.15) is 10.7 Å². The Morgan fingerprint density at radius 1 is 1.83 bits per heavy atom. The van der Waals surface area contributed by atoms with Crippen molar-refractivity contribution < 1.29 is 4.84 Å². The van der Waals surface area contributed by atoms with Gasteiger partial charge in [-0.05, 0) is 6.92 Å². The van der Waals surface area contributed by atoms with Crippen molar-refractivity contribution in [3.63, 3.8) is 0 Å². The fourth-order valence-electron chi connectivity index (χ4n) is 0.763. The zero-order valence-electron chi connectivity index (χ0n) is 6.94. The standard InChI is InChI=1S/C7H10N2OS2/c1-5-8-7(4-12-5)6(3-11)9-10-2/h4,11H,3H2,1-2H3/b9-6-. The van der Waals surface area contributed by atoms with Crippen molar-refractivity contribution in [3.05, 3.63) is 16.1 Å². The Labute approximate surface area is 80.9 Å². The zero-order valence-corrected chi connectivity index (χ0v) is 8.65. The number of oxime groups is 1. The minimum atomic E-state index is 0.539. The Balaban J connectivity index is 2.87. The van der Waals surface area contributed by atoms with Crippen LogP contribution < -0.4 is 0 Å². The van der Waals surface area contributed by atoms with Gasteiger partial charge in [-0.15, -0.1) is 11.3 Å². The Hall–Kier alpha value is -0.550. The summed E-state index contributed by atoms with van der Waals surface area (Å²) in [4.78, 5) is 8.92. The van der Waals surface area contributed by atoms with Gasteiger partial charge in [0.15, 0.2) is 0 Å². The molecule has 0 amide bonds. The number of hydrogen-bond donors (Lipinski definition) is 1. The van der Waals surface area contributed by atoms with Gasteiger partial charge in [-0.2, -0.15) is 12.6 Å². The summed E-state index contributed by atoms with van der Waals surface area (Å²) >= 11 is 5.72. The van der Waals surface area contributed by atoms with E-state index >= 15 is 0 Å². The number of aryl methyl sites for hydroxylation is 1. The van der Waals surface area contributed by atoms with Gasteiger partial charge in [-0.3, -0.25) is 0 Å². The molecule has 0 saturated heterocycles. The number of hydrogen-bond acceptors (Lipinski definition) is 5. The lowest BCUT2D eigenvalue weighted by Gasteiger charge is -1.95. The van der Waals surface area contributed by atoms with Crippen LogP contribution >= 0.6 is 24.0 Å². The molecule has 0 aliphatic heterocycles. The molecule has 1 aromatic heterocycles. The highest BCUT2D eigenvalue weighted by Crippen LogP contribution is 2.09. The van der Waals surface area contributed by atoms with Crippen LogP contribution in [0.15, 0.2) is 10.5 Å². The molecule has 1 aromatic rings. The van der Waals surface area contributed by atoms with E-state index in [2.05, 4.69) is 27.6 Å². The van der Waals surface area contributed by atoms with Gasteiger partial charge < -0.3 is 4.84 Å². The molecule has 1 rings (SSSR count). The van der Waals surface area contributed by atoms with Crippen molar-refractivity contribution >= 4 is 29.7 Å². The van der Waals surface area contributed by atoms with Gasteiger partial charge in [0, 0.05) is 11.1 Å². The maximum Gasteiger partial charge on any atom is 0.116 e. The van der Waals surface area contributed by atoms with Crippen molar-refractivity contribution in [1.82, 2.24) is 4.98 Å². The van der Waals surface area contributed by atoms with Crippen molar-refractivity contribution in [2.45, 2.75) is 6.92 Å². The number of thiazole rings is 1. The maximum absolute atomic E-state index is 4.66. The number of nitrogens with zero attached hydrogens (tertiary/aromatic N) is 2. The third-order valence-electron chi connectivity index (χ3n) is 1.27. The first-order chi connectivity index (χ1) is 5.77. The van der Waals surface area contributed by atoms with E-state index in [1.807, 2.05) is 12.3 Å². The van der Waals surface area contributed by atoms with E-state index in [9.17, 15) is 0 Å². The van der Waals surface area contributed by atoms with Crippen LogP contribution in [0.2, 0.25) is 0 Å². The fraction of sp³-hybridized carbons (Fsp3) is 0.429. The summed E-state index contributed by atoms with van der Waals surface area (Å²) in [6.45, 7) is 1.96. The third-order valence-corrected chi connectivity index (χ3v) is 2.34. The molecule has 0 aliphatic carbocycles. The van der Waals surface area contributed by atoms with E-state index in [1.165, 1.54) is 7.11 Å². The second kappa shape index (κ2) is 4.47. The first kappa shape index (κ1) is 9.54. The van der Waals surface area contributed by atoms with Gasteiger partial charge in [0.2, 0.25) is 0 Å². The molecule has 66 valence electrons. The second-order valence-corrected chi connectivity index (χ2v) is 3.51. The van der Waals surface area contributed by atoms with Crippen LogP contribution in [0.3, 0.4) is 0 Å². The molecule has 0 radical (unpaired) electrons. The number of aromatic nitrogens is 1. The molecular formula is C7H10N2OS2. The lowest BCUT2D eigenvalue weighted by Crippen LogP contribution is -2.03. The number of rotatable bonds is 3. The van der Waals surface area contributed by atoms with Gasteiger partial charge in [0.1, 0.15) is 12.8 Å². The average Bonchev–Trinajstić information content (AvgIpc) is 2.47. The summed E-state index contributed by atoms with van der Waals surface area (Å²) in [7, 11) is 1.52. The molecule has 0 bridgehead atoms. The molecule has 0 fully saturated rings. The normalized spacial score (nSPS) is 11.8. The molecule has 0 spiro atoms. The number of thiol groups is 1. The summed E-state index contributed by atoms with van der Waals surface area (Å²) < 4.78 is 0. The maximum atomic E-state index is 4.66. The Kier molecular flexibility index (Phi) is 3.55. The lowest BCUT2D eigenvalue weighted by atomic mass is 10.3. The largest absolute Gasteiger partial charge is 0.399 e. The first-order valence-electron chi connectivity index (χ1n) is 3.41. The second-order valence-electron chi connectivity index (χ2n) is 2.13. The highest BCUT2D eigenvalue weighted by atomic mass is 32.1. The van der Waals surface area contributed by atoms with Crippen LogP contribution in [0.5, 0.6) is 0 Å². The Morgan fingerprint density at radius 3 is 3.00 bits per heavy atom. The van der Waals surface area contributed by atoms with Crippen LogP contribution in [-0.4, -0.2) is 23.6 Å². The van der Waals surface area contributed by atoms with Crippen molar-refractivity contribution in [2.24, 2.45) is 5.16 Å². The lowest BCUT2D eigenvalue weighted by molar-refractivity contribution is 0.213. The molecule has 0 saturated carbocycles. The van der Waals surface area contributed by atoms with E-state index in [-0.39, 0.29) is 0 Å². The predicted octanol–water partition coefficient (Wildman–Crippen LogP) is 1.73. The summed E-state index contributed by atoms with van der Waals surface area (Å²) in [6, 6.07) is 0. The molecule has 0 atom stereocenters. The van der Waals surface area contributed by atoms with Gasteiger partial charge in [0.05, 0.1) is 10.7 Å². The van der Waals surface area contributed by atoms with Crippen molar-refractivity contribution in [3.8, 4) is 0 Å². The highest BCUT2D eigenvalue weighted by molar-refractivity contribution is 7.81. The monoisotopic (exact) mass is 202 g/mol. The molecule has 0 aromatic carbocycles. The van der Waals surface area contributed by atoms with E-state index < -0.39 is 0 Å². The molecule has 0 aliphatic rings. The zero-order chi connectivity index (χ0) is 8.97. The molecule has 12 heavy (non-hydrogen) atoms. The highest BCUT2D eigenvalue weighted by Gasteiger charge is 2.05. The van der Waals surface area contributed by atoms with Gasteiger partial charge in [0.25, 0.3) is 0 Å². The third kappa shape index (κ3) is 2.22. The van der Waals surface area contributed by atoms with Crippen LogP contribution in [0.25, 0.3) is 0 Å². The quantitative estimate of drug-likeness (QED) is 0.460. The summed E-state index contributed by atoms with van der Waals surface area (Å²) in [6.07, 6.45) is 0. The summed E-state index contributed by atoms with van der Waals surface area (Å²) in [5.41, 5.74) is 1.62. The van der Waals surface area contributed by atoms with E-state index in [0.29, 0.717) is 5.75 Å². The summed E-state index contributed by atoms with van der Waals surface area (Å²) in [5, 5.41) is 6.78.